The third kappa shape index (κ3) is 2.86. The van der Waals surface area contributed by atoms with E-state index in [2.05, 4.69) is 129 Å². The number of hydrogen-bond acceptors (Lipinski definition) is 0. The lowest BCUT2D eigenvalue weighted by Gasteiger charge is -2.13. The number of alkyl halides is 1. The fourth-order valence-corrected chi connectivity index (χ4v) is 4.46. The lowest BCUT2D eigenvalue weighted by Crippen LogP contribution is -2.03. The number of aromatic nitrogens is 2. The van der Waals surface area contributed by atoms with Crippen molar-refractivity contribution in [1.82, 2.24) is 9.13 Å². The second kappa shape index (κ2) is 7.85. The molecule has 0 fully saturated rings. The van der Waals surface area contributed by atoms with Crippen LogP contribution in [0.1, 0.15) is 11.3 Å². The first-order chi connectivity index (χ1) is 14.8. The Bertz CT molecular complexity index is 1370. The summed E-state index contributed by atoms with van der Waals surface area (Å²) in [6.07, 6.45) is 6.31. The van der Waals surface area contributed by atoms with Crippen molar-refractivity contribution in [2.24, 2.45) is 0 Å². The number of para-hydroxylation sites is 3. The summed E-state index contributed by atoms with van der Waals surface area (Å²) in [4.78, 5) is 0. The normalized spacial score (nSPS) is 11.6. The molecule has 2 nitrogen and oxygen atoms in total. The molecule has 3 aromatic carbocycles. The molecule has 5 rings (SSSR count). The average molecular weight is 453 g/mol. The molecule has 3 heteroatoms. The number of halogens is 1. The first-order valence-electron chi connectivity index (χ1n) is 9.98. The van der Waals surface area contributed by atoms with E-state index in [0.29, 0.717) is 0 Å². The number of hydrogen-bond donors (Lipinski definition) is 0. The van der Waals surface area contributed by atoms with Crippen molar-refractivity contribution >= 4 is 50.0 Å². The maximum Gasteiger partial charge on any atom is 0.131 e. The van der Waals surface area contributed by atoms with Gasteiger partial charge in [-0.05, 0) is 36.4 Å². The van der Waals surface area contributed by atoms with Crippen LogP contribution in [-0.2, 0) is 0 Å². The number of benzene rings is 3. The van der Waals surface area contributed by atoms with Gasteiger partial charge in [0.05, 0.1) is 11.2 Å². The molecule has 0 aliphatic heterocycles. The molecular formula is C27H21BrN2. The van der Waals surface area contributed by atoms with E-state index in [1.54, 1.807) is 0 Å². The zero-order valence-electron chi connectivity index (χ0n) is 16.5. The van der Waals surface area contributed by atoms with Crippen molar-refractivity contribution in [2.75, 3.05) is 5.33 Å². The Morgan fingerprint density at radius 1 is 0.767 bits per heavy atom. The second-order valence-corrected chi connectivity index (χ2v) is 7.76. The van der Waals surface area contributed by atoms with Crippen LogP contribution < -0.4 is 0 Å². The fourth-order valence-electron chi connectivity index (χ4n) is 4.28. The van der Waals surface area contributed by atoms with E-state index >= 15 is 0 Å². The second-order valence-electron chi connectivity index (χ2n) is 7.12. The first-order valence-corrected chi connectivity index (χ1v) is 11.1. The summed E-state index contributed by atoms with van der Waals surface area (Å²) in [7, 11) is 0. The van der Waals surface area contributed by atoms with Crippen LogP contribution in [0.25, 0.3) is 45.5 Å². The van der Waals surface area contributed by atoms with Crippen LogP contribution in [0.5, 0.6) is 0 Å². The predicted molar refractivity (Wildman–Crippen MR) is 133 cm³/mol. The molecule has 0 atom stereocenters. The van der Waals surface area contributed by atoms with Crippen LogP contribution in [0.15, 0.2) is 97.6 Å². The largest absolute Gasteiger partial charge is 0.295 e. The molecular weight excluding hydrogens is 432 g/mol. The van der Waals surface area contributed by atoms with E-state index in [4.69, 9.17) is 0 Å². The number of rotatable bonds is 5. The molecule has 0 aliphatic rings. The number of nitrogens with zero attached hydrogens (tertiary/aromatic N) is 2. The van der Waals surface area contributed by atoms with Gasteiger partial charge in [0.15, 0.2) is 0 Å². The minimum absolute atomic E-state index is 0.804. The lowest BCUT2D eigenvalue weighted by atomic mass is 10.1. The maximum absolute atomic E-state index is 4.17. The minimum atomic E-state index is 0.804. The Labute approximate surface area is 184 Å². The van der Waals surface area contributed by atoms with Gasteiger partial charge in [0.1, 0.15) is 5.65 Å². The molecule has 0 bridgehead atoms. The molecule has 0 saturated carbocycles. The van der Waals surface area contributed by atoms with Crippen molar-refractivity contribution in [3.63, 3.8) is 0 Å². The van der Waals surface area contributed by atoms with Crippen LogP contribution in [0, 0.1) is 0 Å². The van der Waals surface area contributed by atoms with Gasteiger partial charge in [-0.15, -0.1) is 0 Å². The molecule has 0 aliphatic carbocycles. The Balaban J connectivity index is 2.05. The summed E-state index contributed by atoms with van der Waals surface area (Å²) in [6, 6.07) is 29.7. The maximum atomic E-state index is 4.17. The van der Waals surface area contributed by atoms with Crippen LogP contribution >= 0.6 is 15.9 Å². The SMILES string of the molecule is C=Cc1c(/C=C\CBr)c2c3ccccc3n(-c3ccccc3)c2n1-c1ccccc1. The van der Waals surface area contributed by atoms with E-state index in [-0.39, 0.29) is 0 Å². The van der Waals surface area contributed by atoms with Crippen LogP contribution in [0.2, 0.25) is 0 Å². The fraction of sp³-hybridized carbons (Fsp3) is 0.0370. The molecule has 2 aromatic heterocycles. The van der Waals surface area contributed by atoms with Crippen LogP contribution in [-0.4, -0.2) is 14.5 Å². The van der Waals surface area contributed by atoms with Crippen molar-refractivity contribution in [1.29, 1.82) is 0 Å². The van der Waals surface area contributed by atoms with E-state index in [9.17, 15) is 0 Å². The van der Waals surface area contributed by atoms with Gasteiger partial charge in [-0.3, -0.25) is 9.13 Å². The average Bonchev–Trinajstić information content (AvgIpc) is 3.30. The van der Waals surface area contributed by atoms with Gasteiger partial charge in [-0.2, -0.15) is 0 Å². The van der Waals surface area contributed by atoms with Gasteiger partial charge < -0.3 is 0 Å². The minimum Gasteiger partial charge on any atom is -0.295 e. The summed E-state index contributed by atoms with van der Waals surface area (Å²) in [5.41, 5.74) is 6.90. The molecule has 0 unspecified atom stereocenters. The van der Waals surface area contributed by atoms with Gasteiger partial charge >= 0.3 is 0 Å². The Morgan fingerprint density at radius 3 is 2.00 bits per heavy atom. The van der Waals surface area contributed by atoms with E-state index in [1.807, 2.05) is 6.08 Å². The molecule has 2 heterocycles. The van der Waals surface area contributed by atoms with Crippen molar-refractivity contribution in [3.05, 3.63) is 109 Å². The lowest BCUT2D eigenvalue weighted by molar-refractivity contribution is 1.03. The molecule has 0 saturated heterocycles. The van der Waals surface area contributed by atoms with Crippen LogP contribution in [0.3, 0.4) is 0 Å². The molecule has 5 aromatic rings. The highest BCUT2D eigenvalue weighted by Gasteiger charge is 2.23. The Morgan fingerprint density at radius 2 is 1.37 bits per heavy atom. The predicted octanol–water partition coefficient (Wildman–Crippen LogP) is 7.63. The zero-order chi connectivity index (χ0) is 20.5. The summed E-state index contributed by atoms with van der Waals surface area (Å²) in [6.45, 7) is 4.17. The highest BCUT2D eigenvalue weighted by atomic mass is 79.9. The topological polar surface area (TPSA) is 9.86 Å². The molecule has 146 valence electrons. The molecule has 0 spiro atoms. The molecule has 0 N–H and O–H groups in total. The number of fused-ring (bicyclic) bond motifs is 3. The monoisotopic (exact) mass is 452 g/mol. The Hall–Kier alpha value is -3.30. The smallest absolute Gasteiger partial charge is 0.131 e. The number of allylic oxidation sites excluding steroid dienone is 1. The quantitative estimate of drug-likeness (QED) is 0.242. The van der Waals surface area contributed by atoms with Crippen molar-refractivity contribution in [2.45, 2.75) is 0 Å². The van der Waals surface area contributed by atoms with Gasteiger partial charge in [-0.25, -0.2) is 0 Å². The van der Waals surface area contributed by atoms with Gasteiger partial charge in [-0.1, -0.05) is 89.3 Å². The van der Waals surface area contributed by atoms with Gasteiger partial charge in [0.25, 0.3) is 0 Å². The first kappa shape index (κ1) is 18.7. The molecule has 0 amide bonds. The van der Waals surface area contributed by atoms with E-state index < -0.39 is 0 Å². The summed E-state index contributed by atoms with van der Waals surface area (Å²) < 4.78 is 4.68. The highest BCUT2D eigenvalue weighted by Crippen LogP contribution is 2.40. The van der Waals surface area contributed by atoms with Gasteiger partial charge in [0, 0.05) is 33.0 Å². The highest BCUT2D eigenvalue weighted by molar-refractivity contribution is 9.09. The van der Waals surface area contributed by atoms with E-state index in [1.165, 1.54) is 21.9 Å². The zero-order valence-corrected chi connectivity index (χ0v) is 18.1. The summed E-state index contributed by atoms with van der Waals surface area (Å²) in [5, 5.41) is 3.28. The Kier molecular flexibility index (Phi) is 4.89. The van der Waals surface area contributed by atoms with Gasteiger partial charge in [0.2, 0.25) is 0 Å². The van der Waals surface area contributed by atoms with Crippen molar-refractivity contribution in [3.8, 4) is 11.4 Å². The third-order valence-corrected chi connectivity index (χ3v) is 5.82. The summed E-state index contributed by atoms with van der Waals surface area (Å²) >= 11 is 3.54. The van der Waals surface area contributed by atoms with Crippen molar-refractivity contribution < 1.29 is 0 Å². The third-order valence-electron chi connectivity index (χ3n) is 5.44. The van der Waals surface area contributed by atoms with Crippen LogP contribution in [0.4, 0.5) is 0 Å². The standard InChI is InChI=1S/C27H21BrN2/c1-2-24-22(17-11-19-28)26-23-16-9-10-18-25(23)30(21-14-7-4-8-15-21)27(26)29(24)20-12-5-3-6-13-20/h2-18H,1,19H2/b17-11-. The molecule has 0 radical (unpaired) electrons. The summed E-state index contributed by atoms with van der Waals surface area (Å²) in [5.74, 6) is 0. The molecule has 30 heavy (non-hydrogen) atoms. The van der Waals surface area contributed by atoms with E-state index in [0.717, 1.165) is 28.0 Å².